The molecule has 2 aliphatic rings. The molecule has 0 aliphatic carbocycles. The molecule has 112 valence electrons. The van der Waals surface area contributed by atoms with Gasteiger partial charge in [0, 0.05) is 31.5 Å². The van der Waals surface area contributed by atoms with E-state index in [0.717, 1.165) is 6.42 Å². The maximum atomic E-state index is 14.2. The van der Waals surface area contributed by atoms with Crippen LogP contribution < -0.4 is 10.2 Å². The quantitative estimate of drug-likeness (QED) is 0.831. The van der Waals surface area contributed by atoms with Gasteiger partial charge in [0.2, 0.25) is 0 Å². The molecule has 1 atom stereocenters. The van der Waals surface area contributed by atoms with Crippen LogP contribution in [0.15, 0.2) is 23.8 Å². The average molecular weight is 292 g/mol. The molecular formula is C15H17FN2O3. The number of methoxy groups -OCH3 is 1. The molecule has 2 N–H and O–H groups in total. The van der Waals surface area contributed by atoms with Crippen LogP contribution in [-0.4, -0.2) is 37.8 Å². The molecule has 0 bridgehead atoms. The van der Waals surface area contributed by atoms with E-state index in [1.54, 1.807) is 13.2 Å². The number of nitrogens with one attached hydrogen (secondary N) is 1. The summed E-state index contributed by atoms with van der Waals surface area (Å²) in [6.07, 6.45) is 1.57. The highest BCUT2D eigenvalue weighted by Crippen LogP contribution is 2.36. The summed E-state index contributed by atoms with van der Waals surface area (Å²) in [4.78, 5) is 13.3. The van der Waals surface area contributed by atoms with E-state index in [1.807, 2.05) is 11.0 Å². The van der Waals surface area contributed by atoms with Gasteiger partial charge in [-0.1, -0.05) is 6.08 Å². The Balaban J connectivity index is 1.85. The van der Waals surface area contributed by atoms with Crippen LogP contribution in [0, 0.1) is 5.82 Å². The first kappa shape index (κ1) is 14.0. The Labute approximate surface area is 122 Å². The number of anilines is 2. The summed E-state index contributed by atoms with van der Waals surface area (Å²) in [5.41, 5.74) is 2.43. The van der Waals surface area contributed by atoms with Crippen molar-refractivity contribution in [3.05, 3.63) is 35.2 Å². The van der Waals surface area contributed by atoms with E-state index in [9.17, 15) is 14.3 Å². The number of aliphatic hydroxyl groups excluding tert-OH is 1. The summed E-state index contributed by atoms with van der Waals surface area (Å²) < 4.78 is 19.3. The summed E-state index contributed by atoms with van der Waals surface area (Å²) >= 11 is 0. The molecule has 0 saturated carbocycles. The summed E-state index contributed by atoms with van der Waals surface area (Å²) in [5.74, 6) is -0.935. The van der Waals surface area contributed by atoms with Gasteiger partial charge in [-0.05, 0) is 24.1 Å². The third-order valence-corrected chi connectivity index (χ3v) is 3.89. The van der Waals surface area contributed by atoms with Crippen LogP contribution in [0.5, 0.6) is 0 Å². The fourth-order valence-corrected chi connectivity index (χ4v) is 2.74. The summed E-state index contributed by atoms with van der Waals surface area (Å²) in [7, 11) is 1.65. The molecule has 0 spiro atoms. The van der Waals surface area contributed by atoms with Crippen LogP contribution in [0.25, 0.3) is 0 Å². The Morgan fingerprint density at radius 3 is 3.00 bits per heavy atom. The van der Waals surface area contributed by atoms with Gasteiger partial charge in [-0.25, -0.2) is 4.39 Å². The number of halogens is 1. The van der Waals surface area contributed by atoms with E-state index < -0.39 is 17.8 Å². The van der Waals surface area contributed by atoms with Crippen molar-refractivity contribution >= 4 is 17.3 Å². The monoisotopic (exact) mass is 292 g/mol. The number of carbonyl (C=O) groups excluding carboxylic acids is 1. The second-order valence-electron chi connectivity index (χ2n) is 5.27. The molecule has 21 heavy (non-hydrogen) atoms. The zero-order chi connectivity index (χ0) is 15.0. The van der Waals surface area contributed by atoms with Gasteiger partial charge in [0.1, 0.15) is 5.82 Å². The van der Waals surface area contributed by atoms with Gasteiger partial charge in [-0.2, -0.15) is 0 Å². The third kappa shape index (κ3) is 2.52. The van der Waals surface area contributed by atoms with Gasteiger partial charge >= 0.3 is 0 Å². The van der Waals surface area contributed by atoms with Crippen molar-refractivity contribution in [3.8, 4) is 0 Å². The Morgan fingerprint density at radius 1 is 1.52 bits per heavy atom. The van der Waals surface area contributed by atoms with Gasteiger partial charge in [-0.3, -0.25) is 4.79 Å². The molecule has 6 heteroatoms. The molecule has 5 nitrogen and oxygen atoms in total. The number of carbonyl (C=O) groups is 1. The number of rotatable bonds is 3. The van der Waals surface area contributed by atoms with Gasteiger partial charge in [-0.15, -0.1) is 0 Å². The molecule has 0 radical (unpaired) electrons. The van der Waals surface area contributed by atoms with Gasteiger partial charge < -0.3 is 20.1 Å². The Kier molecular flexibility index (Phi) is 3.65. The molecular weight excluding hydrogens is 275 g/mol. The Hall–Kier alpha value is -1.92. The van der Waals surface area contributed by atoms with Gasteiger partial charge in [0.25, 0.3) is 5.91 Å². The van der Waals surface area contributed by atoms with E-state index in [0.29, 0.717) is 36.6 Å². The minimum Gasteiger partial charge on any atom is -0.380 e. The number of amides is 1. The third-order valence-electron chi connectivity index (χ3n) is 3.89. The van der Waals surface area contributed by atoms with Gasteiger partial charge in [0.05, 0.1) is 12.3 Å². The van der Waals surface area contributed by atoms with Crippen LogP contribution in [0.1, 0.15) is 18.1 Å². The molecule has 1 aromatic carbocycles. The van der Waals surface area contributed by atoms with Crippen LogP contribution in [0.4, 0.5) is 15.8 Å². The van der Waals surface area contributed by atoms with Crippen molar-refractivity contribution in [2.45, 2.75) is 12.5 Å². The smallest absolute Gasteiger partial charge is 0.257 e. The number of hydrogen-bond donors (Lipinski definition) is 2. The van der Waals surface area contributed by atoms with Crippen molar-refractivity contribution in [2.75, 3.05) is 37.0 Å². The number of fused-ring (bicyclic) bond motifs is 1. The number of benzene rings is 1. The zero-order valence-corrected chi connectivity index (χ0v) is 11.7. The number of aliphatic hydroxyl groups is 1. The van der Waals surface area contributed by atoms with Crippen LogP contribution in [0.2, 0.25) is 0 Å². The highest BCUT2D eigenvalue weighted by molar-refractivity contribution is 6.02. The number of hydrogen-bond acceptors (Lipinski definition) is 4. The fourth-order valence-electron chi connectivity index (χ4n) is 2.74. The minimum absolute atomic E-state index is 0.300. The lowest BCUT2D eigenvalue weighted by molar-refractivity contribution is -0.123. The molecule has 1 aromatic rings. The summed E-state index contributed by atoms with van der Waals surface area (Å²) in [6, 6.07) is 2.83. The molecule has 2 heterocycles. The lowest BCUT2D eigenvalue weighted by Gasteiger charge is -2.29. The summed E-state index contributed by atoms with van der Waals surface area (Å²) in [6.45, 7) is 1.90. The van der Waals surface area contributed by atoms with E-state index in [-0.39, 0.29) is 0 Å². The van der Waals surface area contributed by atoms with E-state index in [1.165, 1.54) is 11.6 Å². The maximum Gasteiger partial charge on any atom is 0.257 e. The molecule has 0 saturated heterocycles. The molecule has 0 aromatic heterocycles. The second kappa shape index (κ2) is 5.46. The minimum atomic E-state index is -1.28. The number of ether oxygens (including phenoxy) is 1. The molecule has 1 unspecified atom stereocenters. The zero-order valence-electron chi connectivity index (χ0n) is 11.7. The molecule has 3 rings (SSSR count). The lowest BCUT2D eigenvalue weighted by Crippen LogP contribution is -2.30. The van der Waals surface area contributed by atoms with Crippen molar-refractivity contribution < 1.29 is 19.0 Å². The van der Waals surface area contributed by atoms with Crippen LogP contribution in [-0.2, 0) is 9.53 Å². The van der Waals surface area contributed by atoms with E-state index in [4.69, 9.17) is 4.74 Å². The maximum absolute atomic E-state index is 14.2. The predicted octanol–water partition coefficient (Wildman–Crippen LogP) is 1.59. The van der Waals surface area contributed by atoms with E-state index >= 15 is 0 Å². The van der Waals surface area contributed by atoms with E-state index in [2.05, 4.69) is 5.32 Å². The largest absolute Gasteiger partial charge is 0.380 e. The first-order chi connectivity index (χ1) is 10.1. The second-order valence-corrected chi connectivity index (χ2v) is 5.27. The van der Waals surface area contributed by atoms with Crippen molar-refractivity contribution in [1.29, 1.82) is 0 Å². The highest BCUT2D eigenvalue weighted by atomic mass is 19.1. The Morgan fingerprint density at radius 2 is 2.33 bits per heavy atom. The van der Waals surface area contributed by atoms with Crippen molar-refractivity contribution in [2.24, 2.45) is 0 Å². The standard InChI is InChI=1S/C15H17FN2O3/c1-21-8-9-2-4-18(5-3-9)13-7-12-10(6-11(13)16)14(19)15(20)17-12/h2,6-7,14,19H,3-5,8H2,1H3,(H,17,20). The van der Waals surface area contributed by atoms with Crippen LogP contribution >= 0.6 is 0 Å². The molecule has 0 fully saturated rings. The Bertz CT molecular complexity index is 615. The number of nitrogens with zero attached hydrogens (tertiary/aromatic N) is 1. The first-order valence-corrected chi connectivity index (χ1v) is 6.84. The highest BCUT2D eigenvalue weighted by Gasteiger charge is 2.30. The topological polar surface area (TPSA) is 61.8 Å². The normalized spacial score (nSPS) is 21.1. The lowest BCUT2D eigenvalue weighted by atomic mass is 10.1. The predicted molar refractivity (Wildman–Crippen MR) is 76.8 cm³/mol. The van der Waals surface area contributed by atoms with Gasteiger partial charge in [0.15, 0.2) is 6.10 Å². The summed E-state index contributed by atoms with van der Waals surface area (Å²) in [5, 5.41) is 12.2. The molecule has 2 aliphatic heterocycles. The SMILES string of the molecule is COCC1=CCN(c2cc3c(cc2F)C(O)C(=O)N3)CC1. The fraction of sp³-hybridized carbons (Fsp3) is 0.400. The first-order valence-electron chi connectivity index (χ1n) is 6.84. The van der Waals surface area contributed by atoms with Crippen LogP contribution in [0.3, 0.4) is 0 Å². The molecule has 1 amide bonds. The average Bonchev–Trinajstić information content (AvgIpc) is 2.75. The van der Waals surface area contributed by atoms with Crippen molar-refractivity contribution in [3.63, 3.8) is 0 Å². The van der Waals surface area contributed by atoms with Crippen molar-refractivity contribution in [1.82, 2.24) is 0 Å².